The van der Waals surface area contributed by atoms with Gasteiger partial charge in [-0.15, -0.1) is 0 Å². The van der Waals surface area contributed by atoms with Crippen LogP contribution in [0, 0.1) is 0 Å². The second kappa shape index (κ2) is 4.11. The third-order valence-corrected chi connectivity index (χ3v) is 1.78. The van der Waals surface area contributed by atoms with Gasteiger partial charge in [0.1, 0.15) is 5.69 Å². The molecule has 1 aromatic rings. The summed E-state index contributed by atoms with van der Waals surface area (Å²) in [6, 6.07) is 1.76. The van der Waals surface area contributed by atoms with Crippen molar-refractivity contribution in [3.63, 3.8) is 0 Å². The smallest absolute Gasteiger partial charge is 0.227 e. The van der Waals surface area contributed by atoms with Gasteiger partial charge >= 0.3 is 0 Å². The predicted molar refractivity (Wildman–Crippen MR) is 46.0 cm³/mol. The molecule has 0 saturated heterocycles. The van der Waals surface area contributed by atoms with Crippen LogP contribution in [-0.4, -0.2) is 23.4 Å². The Morgan fingerprint density at radius 3 is 2.58 bits per heavy atom. The van der Waals surface area contributed by atoms with Gasteiger partial charge in [-0.3, -0.25) is 0 Å². The molecule has 0 spiro atoms. The number of nitrogens with zero attached hydrogens (tertiary/aromatic N) is 2. The number of aliphatic hydroxyl groups is 1. The van der Waals surface area contributed by atoms with Crippen LogP contribution in [0.1, 0.15) is 19.5 Å². The highest BCUT2D eigenvalue weighted by Crippen LogP contribution is 2.14. The molecule has 0 aliphatic rings. The molecule has 0 radical (unpaired) electrons. The molecule has 0 bridgehead atoms. The van der Waals surface area contributed by atoms with Crippen molar-refractivity contribution in [2.24, 2.45) is 0 Å². The molecule has 1 heterocycles. The maximum Gasteiger partial charge on any atom is 0.227 e. The summed E-state index contributed by atoms with van der Waals surface area (Å²) < 4.78 is 5.02. The molecule has 4 heteroatoms. The average Bonchev–Trinajstić information content (AvgIpc) is 2.55. The molecule has 0 aromatic carbocycles. The Kier molecular flexibility index (Phi) is 3.10. The molecule has 0 saturated carbocycles. The Balaban J connectivity index is 2.72. The fourth-order valence-corrected chi connectivity index (χ4v) is 1.06. The summed E-state index contributed by atoms with van der Waals surface area (Å²) in [5.41, 5.74) is 0.580. The van der Waals surface area contributed by atoms with Gasteiger partial charge in [-0.25, -0.2) is 0 Å². The lowest BCUT2D eigenvalue weighted by Gasteiger charge is -2.15. The Morgan fingerprint density at radius 1 is 1.50 bits per heavy atom. The zero-order chi connectivity index (χ0) is 8.97. The van der Waals surface area contributed by atoms with Gasteiger partial charge < -0.3 is 14.5 Å². The quantitative estimate of drug-likeness (QED) is 0.732. The molecule has 1 rings (SSSR count). The van der Waals surface area contributed by atoms with Gasteiger partial charge in [-0.1, -0.05) is 5.16 Å². The molecule has 1 aromatic heterocycles. The van der Waals surface area contributed by atoms with Crippen LogP contribution >= 0.6 is 0 Å². The zero-order valence-corrected chi connectivity index (χ0v) is 7.45. The van der Waals surface area contributed by atoms with E-state index >= 15 is 0 Å². The van der Waals surface area contributed by atoms with Crippen LogP contribution < -0.4 is 4.90 Å². The van der Waals surface area contributed by atoms with Crippen LogP contribution in [-0.2, 0) is 6.61 Å². The molecule has 12 heavy (non-hydrogen) atoms. The van der Waals surface area contributed by atoms with E-state index in [0.29, 0.717) is 5.69 Å². The van der Waals surface area contributed by atoms with Crippen molar-refractivity contribution in [1.29, 1.82) is 0 Å². The highest BCUT2D eigenvalue weighted by atomic mass is 16.5. The molecule has 0 amide bonds. The summed E-state index contributed by atoms with van der Waals surface area (Å²) in [5.74, 6) is 0.726. The summed E-state index contributed by atoms with van der Waals surface area (Å²) in [5, 5.41) is 12.4. The van der Waals surface area contributed by atoms with E-state index in [2.05, 4.69) is 5.16 Å². The van der Waals surface area contributed by atoms with Crippen molar-refractivity contribution in [2.75, 3.05) is 18.0 Å². The van der Waals surface area contributed by atoms with Crippen LogP contribution in [0.2, 0.25) is 0 Å². The highest BCUT2D eigenvalue weighted by molar-refractivity contribution is 5.34. The molecule has 0 aliphatic carbocycles. The van der Waals surface area contributed by atoms with E-state index < -0.39 is 0 Å². The molecule has 0 atom stereocenters. The zero-order valence-electron chi connectivity index (χ0n) is 7.45. The molecule has 1 N–H and O–H groups in total. The van der Waals surface area contributed by atoms with Crippen LogP contribution in [0.25, 0.3) is 0 Å². The summed E-state index contributed by atoms with van der Waals surface area (Å²) in [4.78, 5) is 2.03. The van der Waals surface area contributed by atoms with Gasteiger partial charge in [0.05, 0.1) is 6.61 Å². The molecule has 0 aliphatic heterocycles. The second-order valence-corrected chi connectivity index (χ2v) is 2.49. The third kappa shape index (κ3) is 1.76. The Bertz CT molecular complexity index is 231. The Morgan fingerprint density at radius 2 is 2.17 bits per heavy atom. The molecule has 0 unspecified atom stereocenters. The van der Waals surface area contributed by atoms with E-state index in [1.165, 1.54) is 0 Å². The van der Waals surface area contributed by atoms with Crippen LogP contribution in [0.15, 0.2) is 10.6 Å². The van der Waals surface area contributed by atoms with E-state index in [0.717, 1.165) is 19.0 Å². The highest BCUT2D eigenvalue weighted by Gasteiger charge is 2.07. The van der Waals surface area contributed by atoms with Crippen LogP contribution in [0.3, 0.4) is 0 Å². The summed E-state index contributed by atoms with van der Waals surface area (Å²) >= 11 is 0. The van der Waals surface area contributed by atoms with E-state index in [1.54, 1.807) is 6.07 Å². The van der Waals surface area contributed by atoms with Crippen molar-refractivity contribution in [1.82, 2.24) is 5.16 Å². The van der Waals surface area contributed by atoms with Crippen molar-refractivity contribution in [3.05, 3.63) is 11.8 Å². The molecular formula is C8H14N2O2. The fourth-order valence-electron chi connectivity index (χ4n) is 1.06. The van der Waals surface area contributed by atoms with Crippen LogP contribution in [0.5, 0.6) is 0 Å². The number of hydrogen-bond acceptors (Lipinski definition) is 4. The van der Waals surface area contributed by atoms with Gasteiger partial charge in [-0.2, -0.15) is 0 Å². The lowest BCUT2D eigenvalue weighted by molar-refractivity contribution is 0.267. The monoisotopic (exact) mass is 170 g/mol. The minimum Gasteiger partial charge on any atom is -0.390 e. The standard InChI is InChI=1S/C8H14N2O2/c1-3-10(4-2)8-5-7(6-11)9-12-8/h5,11H,3-4,6H2,1-2H3. The van der Waals surface area contributed by atoms with Gasteiger partial charge in [0.2, 0.25) is 5.88 Å². The van der Waals surface area contributed by atoms with Gasteiger partial charge in [0, 0.05) is 19.2 Å². The number of hydrogen-bond donors (Lipinski definition) is 1. The molecule has 0 fully saturated rings. The molecule has 4 nitrogen and oxygen atoms in total. The number of aromatic nitrogens is 1. The average molecular weight is 170 g/mol. The topological polar surface area (TPSA) is 49.5 Å². The number of rotatable bonds is 4. The van der Waals surface area contributed by atoms with E-state index in [4.69, 9.17) is 9.63 Å². The van der Waals surface area contributed by atoms with Crippen LogP contribution in [0.4, 0.5) is 5.88 Å². The predicted octanol–water partition coefficient (Wildman–Crippen LogP) is 1.01. The van der Waals surface area contributed by atoms with Crippen molar-refractivity contribution < 1.29 is 9.63 Å². The third-order valence-electron chi connectivity index (χ3n) is 1.78. The first-order valence-corrected chi connectivity index (χ1v) is 4.13. The maximum atomic E-state index is 8.74. The Hall–Kier alpha value is -1.03. The fraction of sp³-hybridized carbons (Fsp3) is 0.625. The van der Waals surface area contributed by atoms with Crippen molar-refractivity contribution >= 4 is 5.88 Å². The van der Waals surface area contributed by atoms with E-state index in [9.17, 15) is 0 Å². The molecular weight excluding hydrogens is 156 g/mol. The van der Waals surface area contributed by atoms with Gasteiger partial charge in [0.25, 0.3) is 0 Å². The van der Waals surface area contributed by atoms with E-state index in [-0.39, 0.29) is 6.61 Å². The lowest BCUT2D eigenvalue weighted by Crippen LogP contribution is -2.20. The lowest BCUT2D eigenvalue weighted by atomic mass is 10.4. The first kappa shape index (κ1) is 9.06. The minimum atomic E-state index is -0.0647. The number of anilines is 1. The minimum absolute atomic E-state index is 0.0647. The SMILES string of the molecule is CCN(CC)c1cc(CO)no1. The van der Waals surface area contributed by atoms with Gasteiger partial charge in [0.15, 0.2) is 0 Å². The summed E-state index contributed by atoms with van der Waals surface area (Å²) in [6.45, 7) is 5.80. The molecule has 68 valence electrons. The van der Waals surface area contributed by atoms with Gasteiger partial charge in [-0.05, 0) is 13.8 Å². The maximum absolute atomic E-state index is 8.74. The normalized spacial score (nSPS) is 10.2. The largest absolute Gasteiger partial charge is 0.390 e. The Labute approximate surface area is 71.8 Å². The first-order valence-electron chi connectivity index (χ1n) is 4.13. The van der Waals surface area contributed by atoms with Crippen molar-refractivity contribution in [3.8, 4) is 0 Å². The number of aliphatic hydroxyl groups excluding tert-OH is 1. The van der Waals surface area contributed by atoms with E-state index in [1.807, 2.05) is 18.7 Å². The van der Waals surface area contributed by atoms with Crippen molar-refractivity contribution in [2.45, 2.75) is 20.5 Å². The summed E-state index contributed by atoms with van der Waals surface area (Å²) in [6.07, 6.45) is 0. The summed E-state index contributed by atoms with van der Waals surface area (Å²) in [7, 11) is 0. The first-order chi connectivity index (χ1) is 5.81. The second-order valence-electron chi connectivity index (χ2n) is 2.49.